The highest BCUT2D eigenvalue weighted by molar-refractivity contribution is 9.10. The number of alkyl halides is 1. The van der Waals surface area contributed by atoms with E-state index in [1.807, 2.05) is 25.1 Å². The number of hydrogen-bond acceptors (Lipinski definition) is 1. The summed E-state index contributed by atoms with van der Waals surface area (Å²) in [6.45, 7) is 1.98. The molecule has 4 heteroatoms. The maximum Gasteiger partial charge on any atom is 0.123 e. The number of halogens is 3. The molecule has 1 nitrogen and oxygen atoms in total. The standard InChI is InChI=1S/C15H13BrClFO/c1-9-3-6-14(19-2)12(7-9)15(17)11-8-10(18)4-5-13(11)16/h3-8,15H,1-2H3. The third kappa shape index (κ3) is 3.10. The Morgan fingerprint density at radius 3 is 2.58 bits per heavy atom. The van der Waals surface area contributed by atoms with Crippen LogP contribution in [0.4, 0.5) is 4.39 Å². The number of aryl methyl sites for hydroxylation is 1. The van der Waals surface area contributed by atoms with E-state index in [0.29, 0.717) is 11.3 Å². The summed E-state index contributed by atoms with van der Waals surface area (Å²) in [5.74, 6) is 0.386. The van der Waals surface area contributed by atoms with Crippen LogP contribution in [-0.4, -0.2) is 7.11 Å². The van der Waals surface area contributed by atoms with E-state index in [2.05, 4.69) is 15.9 Å². The van der Waals surface area contributed by atoms with Gasteiger partial charge in [-0.2, -0.15) is 0 Å². The van der Waals surface area contributed by atoms with Crippen molar-refractivity contribution in [3.63, 3.8) is 0 Å². The zero-order chi connectivity index (χ0) is 14.0. The van der Waals surface area contributed by atoms with Crippen LogP contribution in [0.5, 0.6) is 5.75 Å². The molecule has 0 radical (unpaired) electrons. The van der Waals surface area contributed by atoms with Crippen molar-refractivity contribution < 1.29 is 9.13 Å². The highest BCUT2D eigenvalue weighted by Gasteiger charge is 2.19. The second kappa shape index (κ2) is 5.93. The van der Waals surface area contributed by atoms with Crippen molar-refractivity contribution in [2.75, 3.05) is 7.11 Å². The molecule has 0 spiro atoms. The van der Waals surface area contributed by atoms with Crippen LogP contribution in [0.2, 0.25) is 0 Å². The molecule has 1 unspecified atom stereocenters. The van der Waals surface area contributed by atoms with Gasteiger partial charge in [0.2, 0.25) is 0 Å². The molecule has 0 amide bonds. The summed E-state index contributed by atoms with van der Waals surface area (Å²) >= 11 is 9.89. The molecule has 0 aliphatic rings. The van der Waals surface area contributed by atoms with Gasteiger partial charge in [-0.1, -0.05) is 33.6 Å². The number of rotatable bonds is 3. The van der Waals surface area contributed by atoms with Crippen LogP contribution in [0.3, 0.4) is 0 Å². The minimum absolute atomic E-state index is 0.310. The molecule has 0 heterocycles. The summed E-state index contributed by atoms with van der Waals surface area (Å²) in [7, 11) is 1.60. The zero-order valence-electron chi connectivity index (χ0n) is 10.6. The summed E-state index contributed by atoms with van der Waals surface area (Å²) in [6, 6.07) is 10.3. The van der Waals surface area contributed by atoms with E-state index in [-0.39, 0.29) is 5.82 Å². The molecule has 0 saturated carbocycles. The number of ether oxygens (including phenoxy) is 1. The van der Waals surface area contributed by atoms with Crippen molar-refractivity contribution in [3.8, 4) is 5.75 Å². The van der Waals surface area contributed by atoms with Crippen molar-refractivity contribution in [2.45, 2.75) is 12.3 Å². The van der Waals surface area contributed by atoms with Gasteiger partial charge < -0.3 is 4.74 Å². The molecule has 2 aromatic carbocycles. The highest BCUT2D eigenvalue weighted by atomic mass is 79.9. The first kappa shape index (κ1) is 14.4. The molecule has 0 bridgehead atoms. The summed E-state index contributed by atoms with van der Waals surface area (Å²) in [5.41, 5.74) is 2.59. The molecule has 0 N–H and O–H groups in total. The van der Waals surface area contributed by atoms with Gasteiger partial charge in [-0.15, -0.1) is 11.6 Å². The second-order valence-electron chi connectivity index (χ2n) is 4.27. The van der Waals surface area contributed by atoms with Crippen LogP contribution in [0, 0.1) is 12.7 Å². The van der Waals surface area contributed by atoms with E-state index in [1.54, 1.807) is 13.2 Å². The second-order valence-corrected chi connectivity index (χ2v) is 5.56. The zero-order valence-corrected chi connectivity index (χ0v) is 12.9. The SMILES string of the molecule is COc1ccc(C)cc1C(Cl)c1cc(F)ccc1Br. The lowest BCUT2D eigenvalue weighted by Gasteiger charge is -2.16. The van der Waals surface area contributed by atoms with Gasteiger partial charge >= 0.3 is 0 Å². The normalized spacial score (nSPS) is 12.3. The predicted molar refractivity (Wildman–Crippen MR) is 79.5 cm³/mol. The Bertz CT molecular complexity index is 601. The topological polar surface area (TPSA) is 9.23 Å². The molecule has 0 fully saturated rings. The fourth-order valence-electron chi connectivity index (χ4n) is 1.93. The average molecular weight is 344 g/mol. The Labute approximate surface area is 125 Å². The predicted octanol–water partition coefficient (Wildman–Crippen LogP) is 5.23. The first-order valence-corrected chi connectivity index (χ1v) is 6.99. The third-order valence-corrected chi connectivity index (χ3v) is 4.08. The van der Waals surface area contributed by atoms with Gasteiger partial charge in [0.25, 0.3) is 0 Å². The van der Waals surface area contributed by atoms with Crippen molar-refractivity contribution >= 4 is 27.5 Å². The van der Waals surface area contributed by atoms with E-state index in [4.69, 9.17) is 16.3 Å². The fourth-order valence-corrected chi connectivity index (χ4v) is 2.89. The Morgan fingerprint density at radius 1 is 1.16 bits per heavy atom. The van der Waals surface area contributed by atoms with E-state index >= 15 is 0 Å². The van der Waals surface area contributed by atoms with Crippen molar-refractivity contribution in [3.05, 3.63) is 63.4 Å². The highest BCUT2D eigenvalue weighted by Crippen LogP contribution is 2.38. The minimum Gasteiger partial charge on any atom is -0.496 e. The maximum atomic E-state index is 13.4. The molecule has 0 aliphatic carbocycles. The lowest BCUT2D eigenvalue weighted by atomic mass is 10.0. The minimum atomic E-state index is -0.472. The van der Waals surface area contributed by atoms with Crippen molar-refractivity contribution in [1.29, 1.82) is 0 Å². The number of benzene rings is 2. The summed E-state index contributed by atoms with van der Waals surface area (Å²) < 4.78 is 19.5. The first-order valence-electron chi connectivity index (χ1n) is 5.76. The van der Waals surface area contributed by atoms with Gasteiger partial charge in [0.1, 0.15) is 11.6 Å². The lowest BCUT2D eigenvalue weighted by Crippen LogP contribution is -1.99. The molecular formula is C15H13BrClFO. The lowest BCUT2D eigenvalue weighted by molar-refractivity contribution is 0.410. The molecule has 2 aromatic rings. The van der Waals surface area contributed by atoms with Crippen molar-refractivity contribution in [1.82, 2.24) is 0 Å². The molecule has 19 heavy (non-hydrogen) atoms. The van der Waals surface area contributed by atoms with E-state index in [1.165, 1.54) is 12.1 Å². The monoisotopic (exact) mass is 342 g/mol. The maximum absolute atomic E-state index is 13.4. The van der Waals surface area contributed by atoms with Crippen LogP contribution >= 0.6 is 27.5 Å². The van der Waals surface area contributed by atoms with Gasteiger partial charge in [-0.05, 0) is 36.8 Å². The van der Waals surface area contributed by atoms with Crippen LogP contribution in [0.25, 0.3) is 0 Å². The van der Waals surface area contributed by atoms with Crippen LogP contribution < -0.4 is 4.74 Å². The Balaban J connectivity index is 2.51. The van der Waals surface area contributed by atoms with Crippen LogP contribution in [-0.2, 0) is 0 Å². The molecule has 0 saturated heterocycles. The van der Waals surface area contributed by atoms with E-state index in [9.17, 15) is 4.39 Å². The van der Waals surface area contributed by atoms with Gasteiger partial charge in [0.05, 0.1) is 12.5 Å². The van der Waals surface area contributed by atoms with E-state index in [0.717, 1.165) is 15.6 Å². The van der Waals surface area contributed by atoms with Gasteiger partial charge in [0.15, 0.2) is 0 Å². The van der Waals surface area contributed by atoms with E-state index < -0.39 is 5.38 Å². The molecule has 100 valence electrons. The number of methoxy groups -OCH3 is 1. The molecule has 0 aliphatic heterocycles. The molecule has 2 rings (SSSR count). The molecule has 1 atom stereocenters. The Kier molecular flexibility index (Phi) is 4.48. The summed E-state index contributed by atoms with van der Waals surface area (Å²) in [5, 5.41) is -0.472. The smallest absolute Gasteiger partial charge is 0.123 e. The fraction of sp³-hybridized carbons (Fsp3) is 0.200. The molecular weight excluding hydrogens is 331 g/mol. The van der Waals surface area contributed by atoms with Gasteiger partial charge in [-0.25, -0.2) is 4.39 Å². The quantitative estimate of drug-likeness (QED) is 0.693. The van der Waals surface area contributed by atoms with Gasteiger partial charge in [-0.3, -0.25) is 0 Å². The average Bonchev–Trinajstić information content (AvgIpc) is 2.40. The summed E-state index contributed by atoms with van der Waals surface area (Å²) in [6.07, 6.45) is 0. The largest absolute Gasteiger partial charge is 0.496 e. The Hall–Kier alpha value is -1.06. The first-order chi connectivity index (χ1) is 9.02. The Morgan fingerprint density at radius 2 is 1.89 bits per heavy atom. The van der Waals surface area contributed by atoms with Gasteiger partial charge in [0, 0.05) is 10.0 Å². The van der Waals surface area contributed by atoms with Crippen LogP contribution in [0.15, 0.2) is 40.9 Å². The molecule has 0 aromatic heterocycles. The van der Waals surface area contributed by atoms with Crippen LogP contribution in [0.1, 0.15) is 22.1 Å². The third-order valence-electron chi connectivity index (χ3n) is 2.89. The summed E-state index contributed by atoms with van der Waals surface area (Å²) in [4.78, 5) is 0. The number of hydrogen-bond donors (Lipinski definition) is 0. The van der Waals surface area contributed by atoms with Crippen molar-refractivity contribution in [2.24, 2.45) is 0 Å².